The van der Waals surface area contributed by atoms with Crippen molar-refractivity contribution in [1.82, 2.24) is 9.80 Å². The van der Waals surface area contributed by atoms with Gasteiger partial charge < -0.3 is 9.80 Å². The lowest BCUT2D eigenvalue weighted by atomic mass is 10.2. The molecule has 2 fully saturated rings. The molecule has 2 aliphatic heterocycles. The van der Waals surface area contributed by atoms with Crippen molar-refractivity contribution in [2.75, 3.05) is 44.2 Å². The van der Waals surface area contributed by atoms with Crippen LogP contribution in [0.25, 0.3) is 0 Å². The van der Waals surface area contributed by atoms with Crippen LogP contribution in [-0.4, -0.2) is 61.0 Å². The number of carbonyl (C=O) groups excluding carboxylic acids is 1. The first-order chi connectivity index (χ1) is 10.6. The zero-order valence-electron chi connectivity index (χ0n) is 13.2. The van der Waals surface area contributed by atoms with Gasteiger partial charge in [-0.05, 0) is 44.0 Å². The van der Waals surface area contributed by atoms with Crippen molar-refractivity contribution in [3.05, 3.63) is 30.1 Å². The minimum absolute atomic E-state index is 0.0338. The average Bonchev–Trinajstić information content (AvgIpc) is 3.09. The molecule has 1 atom stereocenters. The summed E-state index contributed by atoms with van der Waals surface area (Å²) in [6.45, 7) is 7.36. The van der Waals surface area contributed by atoms with Crippen molar-refractivity contribution >= 4 is 11.6 Å². The molecule has 0 radical (unpaired) electrons. The van der Waals surface area contributed by atoms with Gasteiger partial charge in [0.15, 0.2) is 0 Å². The first kappa shape index (κ1) is 15.3. The molecule has 2 heterocycles. The van der Waals surface area contributed by atoms with Crippen molar-refractivity contribution < 1.29 is 9.18 Å². The predicted molar refractivity (Wildman–Crippen MR) is 85.5 cm³/mol. The monoisotopic (exact) mass is 305 g/mol. The van der Waals surface area contributed by atoms with Crippen LogP contribution in [0.3, 0.4) is 0 Å². The number of rotatable bonds is 3. The normalized spacial score (nSPS) is 21.2. The molecule has 1 amide bonds. The van der Waals surface area contributed by atoms with Gasteiger partial charge in [-0.1, -0.05) is 0 Å². The third-order valence-corrected chi connectivity index (χ3v) is 4.83. The van der Waals surface area contributed by atoms with E-state index in [1.165, 1.54) is 12.1 Å². The fourth-order valence-electron chi connectivity index (χ4n) is 3.38. The van der Waals surface area contributed by atoms with Gasteiger partial charge in [-0.2, -0.15) is 0 Å². The first-order valence-electron chi connectivity index (χ1n) is 8.18. The van der Waals surface area contributed by atoms with Gasteiger partial charge in [0, 0.05) is 45.0 Å². The van der Waals surface area contributed by atoms with Crippen LogP contribution in [0.1, 0.15) is 19.8 Å². The highest BCUT2D eigenvalue weighted by atomic mass is 19.1. The molecule has 4 nitrogen and oxygen atoms in total. The van der Waals surface area contributed by atoms with Crippen LogP contribution in [-0.2, 0) is 4.79 Å². The second-order valence-electron chi connectivity index (χ2n) is 6.21. The molecule has 0 saturated carbocycles. The number of hydrogen-bond donors (Lipinski definition) is 0. The zero-order chi connectivity index (χ0) is 15.5. The standard InChI is InChI=1S/C17H24FN3O/c1-14(17(22)21-8-2-3-9-21)19-10-12-20(13-11-19)16-6-4-15(18)5-7-16/h4-7,14H,2-3,8-13H2,1H3/t14-/m0/s1. The molecule has 0 spiro atoms. The van der Waals surface area contributed by atoms with E-state index in [0.717, 1.165) is 57.8 Å². The summed E-state index contributed by atoms with van der Waals surface area (Å²) < 4.78 is 13.0. The summed E-state index contributed by atoms with van der Waals surface area (Å²) in [6, 6.07) is 6.62. The third-order valence-electron chi connectivity index (χ3n) is 4.83. The van der Waals surface area contributed by atoms with Gasteiger partial charge in [0.25, 0.3) is 0 Å². The lowest BCUT2D eigenvalue weighted by molar-refractivity contribution is -0.135. The van der Waals surface area contributed by atoms with Crippen LogP contribution in [0, 0.1) is 5.82 Å². The molecule has 1 aromatic carbocycles. The van der Waals surface area contributed by atoms with Crippen LogP contribution in [0.2, 0.25) is 0 Å². The van der Waals surface area contributed by atoms with Crippen LogP contribution in [0.5, 0.6) is 0 Å². The summed E-state index contributed by atoms with van der Waals surface area (Å²) in [5.74, 6) is 0.0694. The molecule has 120 valence electrons. The largest absolute Gasteiger partial charge is 0.369 e. The van der Waals surface area contributed by atoms with Crippen LogP contribution in [0.15, 0.2) is 24.3 Å². The number of amides is 1. The quantitative estimate of drug-likeness (QED) is 0.854. The first-order valence-corrected chi connectivity index (χ1v) is 8.18. The number of piperazine rings is 1. The Morgan fingerprint density at radius 1 is 1.00 bits per heavy atom. The molecule has 0 unspecified atom stereocenters. The minimum atomic E-state index is -0.202. The second kappa shape index (κ2) is 6.65. The molecule has 1 aromatic rings. The molecule has 2 saturated heterocycles. The van der Waals surface area contributed by atoms with E-state index in [1.54, 1.807) is 0 Å². The molecule has 22 heavy (non-hydrogen) atoms. The Balaban J connectivity index is 1.54. The summed E-state index contributed by atoms with van der Waals surface area (Å²) in [4.78, 5) is 19.0. The SMILES string of the molecule is C[C@@H](C(=O)N1CCCC1)N1CCN(c2ccc(F)cc2)CC1. The highest BCUT2D eigenvalue weighted by Gasteiger charge is 2.29. The number of benzene rings is 1. The summed E-state index contributed by atoms with van der Waals surface area (Å²) >= 11 is 0. The maximum absolute atomic E-state index is 13.0. The van der Waals surface area contributed by atoms with Crippen molar-refractivity contribution in [2.45, 2.75) is 25.8 Å². The van der Waals surface area contributed by atoms with Crippen LogP contribution in [0.4, 0.5) is 10.1 Å². The number of likely N-dealkylation sites (tertiary alicyclic amines) is 1. The molecule has 2 aliphatic rings. The minimum Gasteiger partial charge on any atom is -0.369 e. The summed E-state index contributed by atoms with van der Waals surface area (Å²) in [6.07, 6.45) is 2.27. The average molecular weight is 305 g/mol. The summed E-state index contributed by atoms with van der Waals surface area (Å²) in [5, 5.41) is 0. The van der Waals surface area contributed by atoms with Gasteiger partial charge >= 0.3 is 0 Å². The maximum atomic E-state index is 13.0. The van der Waals surface area contributed by atoms with Crippen LogP contribution < -0.4 is 4.90 Å². The topological polar surface area (TPSA) is 26.8 Å². The highest BCUT2D eigenvalue weighted by molar-refractivity contribution is 5.81. The predicted octanol–water partition coefficient (Wildman–Crippen LogP) is 1.96. The number of nitrogens with zero attached hydrogens (tertiary/aromatic N) is 3. The molecular weight excluding hydrogens is 281 g/mol. The Bertz CT molecular complexity index is 505. The Labute approximate surface area is 131 Å². The van der Waals surface area contributed by atoms with E-state index >= 15 is 0 Å². The molecular formula is C17H24FN3O. The lowest BCUT2D eigenvalue weighted by Crippen LogP contribution is -2.54. The van der Waals surface area contributed by atoms with Crippen LogP contribution >= 0.6 is 0 Å². The van der Waals surface area contributed by atoms with Gasteiger partial charge in [-0.3, -0.25) is 9.69 Å². The van der Waals surface area contributed by atoms with E-state index in [-0.39, 0.29) is 17.8 Å². The number of anilines is 1. The van der Waals surface area contributed by atoms with E-state index in [4.69, 9.17) is 0 Å². The van der Waals surface area contributed by atoms with E-state index in [1.807, 2.05) is 24.0 Å². The molecule has 0 N–H and O–H groups in total. The third kappa shape index (κ3) is 3.24. The van der Waals surface area contributed by atoms with Gasteiger partial charge in [-0.25, -0.2) is 4.39 Å². The Morgan fingerprint density at radius 3 is 2.18 bits per heavy atom. The Hall–Kier alpha value is -1.62. The van der Waals surface area contributed by atoms with Crippen molar-refractivity contribution in [3.63, 3.8) is 0 Å². The van der Waals surface area contributed by atoms with E-state index in [0.29, 0.717) is 0 Å². The van der Waals surface area contributed by atoms with Gasteiger partial charge in [0.2, 0.25) is 5.91 Å². The van der Waals surface area contributed by atoms with Gasteiger partial charge in [-0.15, -0.1) is 0 Å². The highest BCUT2D eigenvalue weighted by Crippen LogP contribution is 2.19. The van der Waals surface area contributed by atoms with Crippen molar-refractivity contribution in [1.29, 1.82) is 0 Å². The van der Waals surface area contributed by atoms with E-state index in [9.17, 15) is 9.18 Å². The van der Waals surface area contributed by atoms with Gasteiger partial charge in [0.05, 0.1) is 6.04 Å². The summed E-state index contributed by atoms with van der Waals surface area (Å²) in [7, 11) is 0. The van der Waals surface area contributed by atoms with Crippen molar-refractivity contribution in [2.24, 2.45) is 0 Å². The number of hydrogen-bond acceptors (Lipinski definition) is 3. The lowest BCUT2D eigenvalue weighted by Gasteiger charge is -2.39. The maximum Gasteiger partial charge on any atom is 0.239 e. The second-order valence-corrected chi connectivity index (χ2v) is 6.21. The molecule has 0 aliphatic carbocycles. The molecule has 5 heteroatoms. The van der Waals surface area contributed by atoms with E-state index < -0.39 is 0 Å². The number of halogens is 1. The Kier molecular flexibility index (Phi) is 4.62. The molecule has 3 rings (SSSR count). The van der Waals surface area contributed by atoms with E-state index in [2.05, 4.69) is 9.80 Å². The summed E-state index contributed by atoms with van der Waals surface area (Å²) in [5.41, 5.74) is 1.06. The Morgan fingerprint density at radius 2 is 1.59 bits per heavy atom. The fraction of sp³-hybridized carbons (Fsp3) is 0.588. The fourth-order valence-corrected chi connectivity index (χ4v) is 3.38. The van der Waals surface area contributed by atoms with Gasteiger partial charge in [0.1, 0.15) is 5.82 Å². The molecule has 0 bridgehead atoms. The molecule has 0 aromatic heterocycles. The smallest absolute Gasteiger partial charge is 0.239 e. The number of carbonyl (C=O) groups is 1. The zero-order valence-corrected chi connectivity index (χ0v) is 13.2. The van der Waals surface area contributed by atoms with Crippen molar-refractivity contribution in [3.8, 4) is 0 Å².